The van der Waals surface area contributed by atoms with Gasteiger partial charge in [0, 0.05) is 12.2 Å². The number of nitrogens with one attached hydrogen (secondary N) is 1. The molecule has 2 aromatic heterocycles. The molecule has 0 radical (unpaired) electrons. The van der Waals surface area contributed by atoms with E-state index >= 15 is 0 Å². The molecule has 3 heterocycles. The summed E-state index contributed by atoms with van der Waals surface area (Å²) in [6.45, 7) is 0. The van der Waals surface area contributed by atoms with Crippen LogP contribution in [0, 0.1) is 0 Å². The van der Waals surface area contributed by atoms with Crippen LogP contribution in [0.15, 0.2) is 29.0 Å². The van der Waals surface area contributed by atoms with Gasteiger partial charge in [0.15, 0.2) is 0 Å². The maximum absolute atomic E-state index is 11.4. The van der Waals surface area contributed by atoms with Gasteiger partial charge in [-0.15, -0.1) is 0 Å². The first-order chi connectivity index (χ1) is 8.64. The van der Waals surface area contributed by atoms with Gasteiger partial charge in [-0.1, -0.05) is 0 Å². The summed E-state index contributed by atoms with van der Waals surface area (Å²) in [5.74, 6) is 1.28. The fourth-order valence-corrected chi connectivity index (χ4v) is 3.73. The monoisotopic (exact) mass is 266 g/mol. The highest BCUT2D eigenvalue weighted by molar-refractivity contribution is 7.91. The van der Waals surface area contributed by atoms with Gasteiger partial charge in [-0.2, -0.15) is 0 Å². The fourth-order valence-electron chi connectivity index (χ4n) is 2.24. The van der Waals surface area contributed by atoms with E-state index in [-0.39, 0.29) is 17.5 Å². The maximum atomic E-state index is 11.4. The highest BCUT2D eigenvalue weighted by atomic mass is 32.2. The Morgan fingerprint density at radius 3 is 2.83 bits per heavy atom. The summed E-state index contributed by atoms with van der Waals surface area (Å²) in [7, 11) is -2.82. The van der Waals surface area contributed by atoms with Crippen LogP contribution in [0.1, 0.15) is 12.8 Å². The number of pyridine rings is 1. The standard InChI is InChI=1S/C12H14N2O3S/c15-18(16)7-3-9(4-8-18)14-12-10-2-6-17-11(10)1-5-13-12/h1-2,5-6,9H,3-4,7-8H2,(H,13,14). The summed E-state index contributed by atoms with van der Waals surface area (Å²) in [6, 6.07) is 3.84. The van der Waals surface area contributed by atoms with E-state index in [1.54, 1.807) is 12.5 Å². The topological polar surface area (TPSA) is 72.2 Å². The summed E-state index contributed by atoms with van der Waals surface area (Å²) in [5, 5.41) is 4.25. The number of anilines is 1. The summed E-state index contributed by atoms with van der Waals surface area (Å²) < 4.78 is 28.0. The Hall–Kier alpha value is -1.56. The van der Waals surface area contributed by atoms with Crippen LogP contribution in [0.5, 0.6) is 0 Å². The van der Waals surface area contributed by atoms with Gasteiger partial charge < -0.3 is 9.73 Å². The first-order valence-corrected chi connectivity index (χ1v) is 7.75. The number of fused-ring (bicyclic) bond motifs is 1. The van der Waals surface area contributed by atoms with Crippen LogP contribution in [0.3, 0.4) is 0 Å². The minimum atomic E-state index is -2.82. The zero-order chi connectivity index (χ0) is 12.6. The average Bonchev–Trinajstić information content (AvgIpc) is 2.81. The van der Waals surface area contributed by atoms with Crippen molar-refractivity contribution in [2.24, 2.45) is 0 Å². The number of sulfone groups is 1. The molecule has 5 nitrogen and oxygen atoms in total. The van der Waals surface area contributed by atoms with Gasteiger partial charge in [-0.25, -0.2) is 13.4 Å². The van der Waals surface area contributed by atoms with Crippen LogP contribution in [-0.2, 0) is 9.84 Å². The molecule has 0 amide bonds. The van der Waals surface area contributed by atoms with Gasteiger partial charge >= 0.3 is 0 Å². The van der Waals surface area contributed by atoms with Crippen molar-refractivity contribution in [1.29, 1.82) is 0 Å². The Balaban J connectivity index is 1.79. The molecular weight excluding hydrogens is 252 g/mol. The largest absolute Gasteiger partial charge is 0.464 e. The van der Waals surface area contributed by atoms with Crippen molar-refractivity contribution >= 4 is 26.6 Å². The van der Waals surface area contributed by atoms with Gasteiger partial charge in [0.2, 0.25) is 0 Å². The van der Waals surface area contributed by atoms with Crippen LogP contribution < -0.4 is 5.32 Å². The minimum Gasteiger partial charge on any atom is -0.464 e. The molecule has 0 atom stereocenters. The SMILES string of the molecule is O=S1(=O)CCC(Nc2nccc3occc23)CC1. The number of furan rings is 1. The molecule has 1 aliphatic rings. The second-order valence-electron chi connectivity index (χ2n) is 4.56. The molecule has 1 saturated heterocycles. The zero-order valence-electron chi connectivity index (χ0n) is 9.80. The smallest absolute Gasteiger partial charge is 0.150 e. The summed E-state index contributed by atoms with van der Waals surface area (Å²) >= 11 is 0. The molecule has 3 rings (SSSR count). The Morgan fingerprint density at radius 2 is 2.06 bits per heavy atom. The second kappa shape index (κ2) is 4.28. The number of hydrogen-bond donors (Lipinski definition) is 1. The fraction of sp³-hybridized carbons (Fsp3) is 0.417. The van der Waals surface area contributed by atoms with E-state index in [1.165, 1.54) is 0 Å². The minimum absolute atomic E-state index is 0.168. The van der Waals surface area contributed by atoms with Gasteiger partial charge in [-0.05, 0) is 25.0 Å². The zero-order valence-corrected chi connectivity index (χ0v) is 10.6. The summed E-state index contributed by atoms with van der Waals surface area (Å²) in [5.41, 5.74) is 0.788. The summed E-state index contributed by atoms with van der Waals surface area (Å²) in [6.07, 6.45) is 4.59. The molecule has 0 spiro atoms. The Kier molecular flexibility index (Phi) is 2.74. The van der Waals surface area contributed by atoms with Crippen molar-refractivity contribution in [1.82, 2.24) is 4.98 Å². The Morgan fingerprint density at radius 1 is 1.28 bits per heavy atom. The van der Waals surface area contributed by atoms with Crippen molar-refractivity contribution in [2.45, 2.75) is 18.9 Å². The first-order valence-electron chi connectivity index (χ1n) is 5.93. The molecule has 0 unspecified atom stereocenters. The van der Waals surface area contributed by atoms with Crippen molar-refractivity contribution in [3.63, 3.8) is 0 Å². The predicted octanol–water partition coefficient (Wildman–Crippen LogP) is 1.82. The quantitative estimate of drug-likeness (QED) is 0.897. The second-order valence-corrected chi connectivity index (χ2v) is 6.87. The molecule has 1 aliphatic heterocycles. The molecule has 18 heavy (non-hydrogen) atoms. The number of aromatic nitrogens is 1. The molecule has 0 aromatic carbocycles. The summed E-state index contributed by atoms with van der Waals surface area (Å²) in [4.78, 5) is 4.29. The lowest BCUT2D eigenvalue weighted by atomic mass is 10.1. The van der Waals surface area contributed by atoms with Gasteiger partial charge in [0.25, 0.3) is 0 Å². The maximum Gasteiger partial charge on any atom is 0.150 e. The van der Waals surface area contributed by atoms with Crippen molar-refractivity contribution in [3.05, 3.63) is 24.6 Å². The molecule has 1 N–H and O–H groups in total. The molecule has 0 saturated carbocycles. The lowest BCUT2D eigenvalue weighted by molar-refractivity contribution is 0.559. The third-order valence-corrected chi connectivity index (χ3v) is 4.99. The molecule has 1 fully saturated rings. The average molecular weight is 266 g/mol. The first kappa shape index (κ1) is 11.5. The number of rotatable bonds is 2. The van der Waals surface area contributed by atoms with Crippen LogP contribution in [0.4, 0.5) is 5.82 Å². The van der Waals surface area contributed by atoms with E-state index in [9.17, 15) is 8.42 Å². The number of hydrogen-bond acceptors (Lipinski definition) is 5. The Bertz CT molecular complexity index is 649. The van der Waals surface area contributed by atoms with E-state index < -0.39 is 9.84 Å². The van der Waals surface area contributed by atoms with Crippen LogP contribution in [0.25, 0.3) is 11.0 Å². The predicted molar refractivity (Wildman–Crippen MR) is 69.3 cm³/mol. The van der Waals surface area contributed by atoms with Crippen LogP contribution in [0.2, 0.25) is 0 Å². The van der Waals surface area contributed by atoms with Crippen LogP contribution in [-0.4, -0.2) is 30.9 Å². The lowest BCUT2D eigenvalue weighted by Gasteiger charge is -2.23. The highest BCUT2D eigenvalue weighted by Gasteiger charge is 2.24. The van der Waals surface area contributed by atoms with Crippen molar-refractivity contribution in [3.8, 4) is 0 Å². The molecule has 6 heteroatoms. The molecule has 0 aliphatic carbocycles. The van der Waals surface area contributed by atoms with E-state index in [1.807, 2.05) is 12.1 Å². The third kappa shape index (κ3) is 2.20. The van der Waals surface area contributed by atoms with E-state index in [2.05, 4.69) is 10.3 Å². The van der Waals surface area contributed by atoms with Crippen molar-refractivity contribution in [2.75, 3.05) is 16.8 Å². The molecular formula is C12H14N2O3S. The van der Waals surface area contributed by atoms with E-state index in [0.717, 1.165) is 16.8 Å². The molecule has 0 bridgehead atoms. The van der Waals surface area contributed by atoms with E-state index in [4.69, 9.17) is 4.42 Å². The van der Waals surface area contributed by atoms with Crippen LogP contribution >= 0.6 is 0 Å². The Labute approximate surface area is 105 Å². The third-order valence-electron chi connectivity index (χ3n) is 3.28. The van der Waals surface area contributed by atoms with Gasteiger partial charge in [0.1, 0.15) is 21.2 Å². The van der Waals surface area contributed by atoms with Gasteiger partial charge in [0.05, 0.1) is 23.2 Å². The van der Waals surface area contributed by atoms with Gasteiger partial charge in [-0.3, -0.25) is 0 Å². The molecule has 96 valence electrons. The van der Waals surface area contributed by atoms with Crippen molar-refractivity contribution < 1.29 is 12.8 Å². The number of nitrogens with zero attached hydrogens (tertiary/aromatic N) is 1. The molecule has 2 aromatic rings. The normalized spacial score (nSPS) is 20.0. The van der Waals surface area contributed by atoms with E-state index in [0.29, 0.717) is 12.8 Å². The lowest BCUT2D eigenvalue weighted by Crippen LogP contribution is -2.32. The highest BCUT2D eigenvalue weighted by Crippen LogP contribution is 2.24.